The van der Waals surface area contributed by atoms with Gasteiger partial charge in [0.2, 0.25) is 0 Å². The molecule has 2 aliphatic heterocycles. The van der Waals surface area contributed by atoms with E-state index in [-0.39, 0.29) is 6.61 Å². The Morgan fingerprint density at radius 3 is 2.17 bits per heavy atom. The minimum Gasteiger partial charge on any atom is -0.475 e. The molecule has 4 N–H and O–H groups in total. The molecule has 0 saturated carbocycles. The van der Waals surface area contributed by atoms with Crippen LogP contribution in [0, 0.1) is 5.92 Å². The number of piperidine rings is 1. The fourth-order valence-electron chi connectivity index (χ4n) is 3.62. The maximum atomic E-state index is 10.6. The Bertz CT molecular complexity index is 686. The van der Waals surface area contributed by atoms with Gasteiger partial charge in [-0.3, -0.25) is 4.90 Å². The molecule has 7 nitrogen and oxygen atoms in total. The lowest BCUT2D eigenvalue weighted by atomic mass is 9.98. The third-order valence-electron chi connectivity index (χ3n) is 5.53. The van der Waals surface area contributed by atoms with Gasteiger partial charge in [0.15, 0.2) is 0 Å². The lowest BCUT2D eigenvalue weighted by Gasteiger charge is -2.37. The number of piperazine rings is 1. The van der Waals surface area contributed by atoms with E-state index in [1.54, 1.807) is 0 Å². The van der Waals surface area contributed by atoms with Crippen molar-refractivity contribution in [1.29, 1.82) is 0 Å². The van der Waals surface area contributed by atoms with Crippen molar-refractivity contribution in [2.45, 2.75) is 25.9 Å². The van der Waals surface area contributed by atoms with Crippen molar-refractivity contribution in [3.05, 3.63) is 18.2 Å². The maximum Gasteiger partial charge on any atom is 0.490 e. The molecule has 1 aromatic rings. The molecule has 2 saturated heterocycles. The van der Waals surface area contributed by atoms with Crippen LogP contribution in [0.1, 0.15) is 19.8 Å². The number of aliphatic hydroxyl groups is 1. The zero-order valence-electron chi connectivity index (χ0n) is 17.2. The summed E-state index contributed by atoms with van der Waals surface area (Å²) in [5.41, 5.74) is 9.62. The van der Waals surface area contributed by atoms with Crippen LogP contribution in [-0.2, 0) is 4.79 Å². The molecule has 170 valence electrons. The summed E-state index contributed by atoms with van der Waals surface area (Å²) in [5, 5.41) is 16.2. The fraction of sp³-hybridized carbons (Fsp3) is 0.650. The molecule has 0 aliphatic carbocycles. The van der Waals surface area contributed by atoms with Gasteiger partial charge in [-0.2, -0.15) is 13.2 Å². The van der Waals surface area contributed by atoms with Gasteiger partial charge in [0.25, 0.3) is 0 Å². The van der Waals surface area contributed by atoms with E-state index in [0.29, 0.717) is 0 Å². The van der Waals surface area contributed by atoms with E-state index in [1.165, 1.54) is 24.2 Å². The van der Waals surface area contributed by atoms with E-state index in [9.17, 15) is 13.2 Å². The van der Waals surface area contributed by atoms with Crippen molar-refractivity contribution in [2.24, 2.45) is 5.92 Å². The fourth-order valence-corrected chi connectivity index (χ4v) is 3.62. The van der Waals surface area contributed by atoms with Gasteiger partial charge >= 0.3 is 12.1 Å². The van der Waals surface area contributed by atoms with E-state index >= 15 is 0 Å². The number of alkyl halides is 3. The first-order valence-electron chi connectivity index (χ1n) is 10.1. The highest BCUT2D eigenvalue weighted by molar-refractivity contribution is 5.74. The van der Waals surface area contributed by atoms with Crippen LogP contribution in [0.4, 0.5) is 30.2 Å². The number of carbonyl (C=O) groups is 1. The summed E-state index contributed by atoms with van der Waals surface area (Å²) in [5.74, 6) is -1.93. The van der Waals surface area contributed by atoms with Gasteiger partial charge in [0.05, 0.1) is 18.0 Å². The molecule has 0 bridgehead atoms. The quantitative estimate of drug-likeness (QED) is 0.629. The van der Waals surface area contributed by atoms with Gasteiger partial charge in [-0.1, -0.05) is 6.92 Å². The summed E-state index contributed by atoms with van der Waals surface area (Å²) >= 11 is 0. The molecular weight excluding hydrogens is 401 g/mol. The van der Waals surface area contributed by atoms with Crippen molar-refractivity contribution in [3.63, 3.8) is 0 Å². The molecule has 3 rings (SSSR count). The average molecular weight is 432 g/mol. The molecular formula is C20H31F3N4O3. The van der Waals surface area contributed by atoms with Gasteiger partial charge in [0.1, 0.15) is 0 Å². The van der Waals surface area contributed by atoms with Crippen molar-refractivity contribution in [2.75, 3.05) is 68.0 Å². The molecule has 0 unspecified atom stereocenters. The summed E-state index contributed by atoms with van der Waals surface area (Å²) in [6.45, 7) is 9.65. The van der Waals surface area contributed by atoms with E-state index in [4.69, 9.17) is 20.7 Å². The summed E-state index contributed by atoms with van der Waals surface area (Å²) in [7, 11) is 0. The topological polar surface area (TPSA) is 93.3 Å². The molecule has 30 heavy (non-hydrogen) atoms. The second-order valence-electron chi connectivity index (χ2n) is 7.77. The molecule has 0 spiro atoms. The Kier molecular flexibility index (Phi) is 8.60. The predicted octanol–water partition coefficient (Wildman–Crippen LogP) is 2.25. The number of β-amino-alcohol motifs (C(OH)–C–C–N with tert-alkyl or cyclic N) is 1. The summed E-state index contributed by atoms with van der Waals surface area (Å²) in [4.78, 5) is 16.1. The van der Waals surface area contributed by atoms with Crippen molar-refractivity contribution >= 4 is 23.0 Å². The number of carboxylic acids is 1. The largest absolute Gasteiger partial charge is 0.490 e. The van der Waals surface area contributed by atoms with Crippen molar-refractivity contribution in [1.82, 2.24) is 4.90 Å². The van der Waals surface area contributed by atoms with E-state index in [2.05, 4.69) is 39.8 Å². The van der Waals surface area contributed by atoms with Crippen LogP contribution in [0.25, 0.3) is 0 Å². The van der Waals surface area contributed by atoms with Crippen LogP contribution in [-0.4, -0.2) is 79.7 Å². The normalized spacial score (nSPS) is 18.7. The number of aliphatic hydroxyl groups excluding tert-OH is 1. The standard InChI is InChI=1S/C18H30N4O.C2HF3O2/c1-15-4-6-22(7-5-15)18-14-16(2-3-17(18)19)21-10-8-20(9-11-21)12-13-23;3-2(4,5)1(6)7/h2-3,14-15,23H,4-13,19H2,1H3;(H,6,7). The number of anilines is 3. The second-order valence-corrected chi connectivity index (χ2v) is 7.77. The third kappa shape index (κ3) is 6.94. The molecule has 0 amide bonds. The van der Waals surface area contributed by atoms with Crippen LogP contribution in [0.15, 0.2) is 18.2 Å². The summed E-state index contributed by atoms with van der Waals surface area (Å²) in [6, 6.07) is 6.48. The Balaban J connectivity index is 0.000000396. The average Bonchev–Trinajstić information content (AvgIpc) is 2.70. The third-order valence-corrected chi connectivity index (χ3v) is 5.53. The van der Waals surface area contributed by atoms with Gasteiger partial charge in [-0.25, -0.2) is 4.79 Å². The molecule has 0 radical (unpaired) electrons. The smallest absolute Gasteiger partial charge is 0.475 e. The SMILES string of the molecule is CC1CCN(c2cc(N3CCN(CCO)CC3)ccc2N)CC1.O=C(O)C(F)(F)F. The number of benzene rings is 1. The number of aliphatic carboxylic acids is 1. The van der Waals surface area contributed by atoms with E-state index in [1.807, 2.05) is 0 Å². The molecule has 0 aromatic heterocycles. The van der Waals surface area contributed by atoms with Crippen LogP contribution in [0.5, 0.6) is 0 Å². The zero-order valence-corrected chi connectivity index (χ0v) is 17.2. The Labute approximate surface area is 174 Å². The number of nitrogens with two attached hydrogens (primary N) is 1. The highest BCUT2D eigenvalue weighted by Crippen LogP contribution is 2.32. The first kappa shape index (κ1) is 24.1. The minimum atomic E-state index is -5.08. The van der Waals surface area contributed by atoms with Gasteiger partial charge in [0, 0.05) is 51.5 Å². The number of rotatable bonds is 4. The van der Waals surface area contributed by atoms with Gasteiger partial charge in [-0.05, 0) is 37.0 Å². The van der Waals surface area contributed by atoms with Crippen molar-refractivity contribution in [3.8, 4) is 0 Å². The molecule has 2 heterocycles. The molecule has 2 fully saturated rings. The monoisotopic (exact) mass is 432 g/mol. The molecule has 1 aromatic carbocycles. The van der Waals surface area contributed by atoms with Crippen LogP contribution >= 0.6 is 0 Å². The zero-order chi connectivity index (χ0) is 22.3. The first-order valence-corrected chi connectivity index (χ1v) is 10.1. The molecule has 0 atom stereocenters. The Hall–Kier alpha value is -2.20. The highest BCUT2D eigenvalue weighted by Gasteiger charge is 2.38. The number of hydrogen-bond acceptors (Lipinski definition) is 6. The van der Waals surface area contributed by atoms with Gasteiger partial charge in [-0.15, -0.1) is 0 Å². The number of nitrogen functional groups attached to an aromatic ring is 1. The van der Waals surface area contributed by atoms with E-state index < -0.39 is 12.1 Å². The number of nitrogens with zero attached hydrogens (tertiary/aromatic N) is 3. The lowest BCUT2D eigenvalue weighted by Crippen LogP contribution is -2.47. The maximum absolute atomic E-state index is 10.6. The number of halogens is 3. The van der Waals surface area contributed by atoms with Crippen LogP contribution in [0.2, 0.25) is 0 Å². The van der Waals surface area contributed by atoms with Crippen LogP contribution in [0.3, 0.4) is 0 Å². The van der Waals surface area contributed by atoms with Crippen LogP contribution < -0.4 is 15.5 Å². The summed E-state index contributed by atoms with van der Waals surface area (Å²) in [6.07, 6.45) is -2.58. The molecule has 10 heteroatoms. The minimum absolute atomic E-state index is 0.249. The van der Waals surface area contributed by atoms with Gasteiger partial charge < -0.3 is 25.7 Å². The number of hydrogen-bond donors (Lipinski definition) is 3. The second kappa shape index (κ2) is 10.7. The first-order chi connectivity index (χ1) is 14.1. The summed E-state index contributed by atoms with van der Waals surface area (Å²) < 4.78 is 31.7. The Morgan fingerprint density at radius 2 is 1.67 bits per heavy atom. The lowest BCUT2D eigenvalue weighted by molar-refractivity contribution is -0.192. The predicted molar refractivity (Wildman–Crippen MR) is 111 cm³/mol. The number of carboxylic acid groups (broad SMARTS) is 1. The van der Waals surface area contributed by atoms with E-state index in [0.717, 1.165) is 57.4 Å². The highest BCUT2D eigenvalue weighted by atomic mass is 19.4. The molecule has 2 aliphatic rings. The Morgan fingerprint density at radius 1 is 1.10 bits per heavy atom. The van der Waals surface area contributed by atoms with Crippen molar-refractivity contribution < 1.29 is 28.2 Å².